The van der Waals surface area contributed by atoms with Crippen LogP contribution >= 0.6 is 11.3 Å². The van der Waals surface area contributed by atoms with E-state index in [0.717, 1.165) is 47.7 Å². The second-order valence-electron chi connectivity index (χ2n) is 8.08. The lowest BCUT2D eigenvalue weighted by Crippen LogP contribution is -2.61. The molecule has 3 heterocycles. The minimum atomic E-state index is 0.0260. The van der Waals surface area contributed by atoms with Gasteiger partial charge in [-0.2, -0.15) is 4.98 Å². The summed E-state index contributed by atoms with van der Waals surface area (Å²) >= 11 is 1.61. The van der Waals surface area contributed by atoms with Crippen molar-refractivity contribution in [1.29, 1.82) is 0 Å². The molecule has 1 amide bonds. The molecule has 1 saturated heterocycles. The molecular formula is C21H24N6O2S. The van der Waals surface area contributed by atoms with E-state index < -0.39 is 0 Å². The summed E-state index contributed by atoms with van der Waals surface area (Å²) in [6.07, 6.45) is 3.35. The van der Waals surface area contributed by atoms with Crippen LogP contribution in [0.5, 0.6) is 5.75 Å². The Kier molecular flexibility index (Phi) is 4.90. The SMILES string of the molecule is CN(C)c1nccc(N2CC(NC(=O)C3CC(Oc4cccc5scnc45)C3)C2)n1. The van der Waals surface area contributed by atoms with E-state index in [-0.39, 0.29) is 24.0 Å². The molecule has 156 valence electrons. The second kappa shape index (κ2) is 7.71. The lowest BCUT2D eigenvalue weighted by atomic mass is 9.81. The average Bonchev–Trinajstić information content (AvgIpc) is 3.16. The summed E-state index contributed by atoms with van der Waals surface area (Å²) in [5.41, 5.74) is 2.74. The molecule has 9 heteroatoms. The van der Waals surface area contributed by atoms with Crippen LogP contribution in [-0.4, -0.2) is 60.2 Å². The van der Waals surface area contributed by atoms with Crippen LogP contribution in [0.15, 0.2) is 36.0 Å². The number of fused-ring (bicyclic) bond motifs is 1. The highest BCUT2D eigenvalue weighted by Crippen LogP contribution is 2.35. The highest BCUT2D eigenvalue weighted by Gasteiger charge is 2.39. The fourth-order valence-electron chi connectivity index (χ4n) is 3.82. The Bertz CT molecular complexity index is 1060. The number of nitrogens with zero attached hydrogens (tertiary/aromatic N) is 5. The molecule has 8 nitrogen and oxygen atoms in total. The number of aromatic nitrogens is 3. The molecule has 0 spiro atoms. The summed E-state index contributed by atoms with van der Waals surface area (Å²) in [6.45, 7) is 1.54. The fraction of sp³-hybridized carbons (Fsp3) is 0.429. The van der Waals surface area contributed by atoms with Gasteiger partial charge in [-0.15, -0.1) is 11.3 Å². The number of ether oxygens (including phenoxy) is 1. The van der Waals surface area contributed by atoms with Gasteiger partial charge in [-0.05, 0) is 31.0 Å². The van der Waals surface area contributed by atoms with Gasteiger partial charge in [0.1, 0.15) is 23.2 Å². The first-order valence-corrected chi connectivity index (χ1v) is 11.0. The zero-order valence-corrected chi connectivity index (χ0v) is 17.8. The number of para-hydroxylation sites is 1. The topological polar surface area (TPSA) is 83.5 Å². The predicted octanol–water partition coefficient (Wildman–Crippen LogP) is 2.31. The number of hydrogen-bond acceptors (Lipinski definition) is 8. The average molecular weight is 425 g/mol. The van der Waals surface area contributed by atoms with Crippen molar-refractivity contribution in [2.75, 3.05) is 37.0 Å². The van der Waals surface area contributed by atoms with Gasteiger partial charge in [0, 0.05) is 39.3 Å². The first kappa shape index (κ1) is 19.0. The van der Waals surface area contributed by atoms with Gasteiger partial charge in [0.15, 0.2) is 0 Å². The summed E-state index contributed by atoms with van der Waals surface area (Å²) in [4.78, 5) is 29.8. The van der Waals surface area contributed by atoms with Gasteiger partial charge in [0.25, 0.3) is 0 Å². The quantitative estimate of drug-likeness (QED) is 0.650. The summed E-state index contributed by atoms with van der Waals surface area (Å²) in [5, 5.41) is 3.16. The largest absolute Gasteiger partial charge is 0.488 e. The van der Waals surface area contributed by atoms with Gasteiger partial charge in [-0.25, -0.2) is 9.97 Å². The van der Waals surface area contributed by atoms with Gasteiger partial charge < -0.3 is 19.9 Å². The standard InChI is InChI=1S/C21H24N6O2S/c1-26(2)21-22-7-6-18(25-21)27-10-14(11-27)24-20(28)13-8-15(9-13)29-16-4-3-5-17-19(16)23-12-30-17/h3-7,12-15H,8-11H2,1-2H3,(H,24,28). The summed E-state index contributed by atoms with van der Waals surface area (Å²) < 4.78 is 7.21. The van der Waals surface area contributed by atoms with Crippen molar-refractivity contribution in [3.8, 4) is 5.75 Å². The molecule has 1 N–H and O–H groups in total. The molecule has 5 rings (SSSR count). The molecule has 1 saturated carbocycles. The van der Waals surface area contributed by atoms with Crippen LogP contribution in [-0.2, 0) is 4.79 Å². The number of anilines is 2. The number of benzene rings is 1. The Morgan fingerprint density at radius 2 is 2.07 bits per heavy atom. The van der Waals surface area contributed by atoms with Crippen molar-refractivity contribution in [3.63, 3.8) is 0 Å². The molecule has 0 radical (unpaired) electrons. The summed E-state index contributed by atoms with van der Waals surface area (Å²) in [7, 11) is 3.84. The van der Waals surface area contributed by atoms with E-state index in [4.69, 9.17) is 4.74 Å². The van der Waals surface area contributed by atoms with Crippen LogP contribution in [0.1, 0.15) is 12.8 Å². The molecule has 3 aromatic rings. The lowest BCUT2D eigenvalue weighted by Gasteiger charge is -2.42. The van der Waals surface area contributed by atoms with E-state index in [0.29, 0.717) is 5.95 Å². The third kappa shape index (κ3) is 3.65. The Morgan fingerprint density at radius 3 is 2.87 bits per heavy atom. The molecule has 0 unspecified atom stereocenters. The Morgan fingerprint density at radius 1 is 1.23 bits per heavy atom. The Hall–Kier alpha value is -2.94. The minimum absolute atomic E-state index is 0.0260. The number of carbonyl (C=O) groups is 1. The fourth-order valence-corrected chi connectivity index (χ4v) is 4.51. The number of hydrogen-bond donors (Lipinski definition) is 1. The van der Waals surface area contributed by atoms with Crippen molar-refractivity contribution in [2.45, 2.75) is 25.0 Å². The molecule has 1 aliphatic heterocycles. The van der Waals surface area contributed by atoms with Crippen molar-refractivity contribution in [3.05, 3.63) is 36.0 Å². The monoisotopic (exact) mass is 424 g/mol. The second-order valence-corrected chi connectivity index (χ2v) is 8.97. The van der Waals surface area contributed by atoms with E-state index in [2.05, 4.69) is 25.2 Å². The van der Waals surface area contributed by atoms with Crippen molar-refractivity contribution >= 4 is 39.2 Å². The van der Waals surface area contributed by atoms with Gasteiger partial charge in [0.2, 0.25) is 11.9 Å². The lowest BCUT2D eigenvalue weighted by molar-refractivity contribution is -0.131. The maximum absolute atomic E-state index is 12.6. The van der Waals surface area contributed by atoms with Crippen molar-refractivity contribution < 1.29 is 9.53 Å². The highest BCUT2D eigenvalue weighted by molar-refractivity contribution is 7.16. The van der Waals surface area contributed by atoms with Crippen molar-refractivity contribution in [1.82, 2.24) is 20.3 Å². The Balaban J connectivity index is 1.08. The molecule has 2 aromatic heterocycles. The molecule has 0 atom stereocenters. The molecular weight excluding hydrogens is 400 g/mol. The van der Waals surface area contributed by atoms with E-state index in [1.165, 1.54) is 0 Å². The summed E-state index contributed by atoms with van der Waals surface area (Å²) in [6, 6.07) is 8.05. The molecule has 0 bridgehead atoms. The molecule has 30 heavy (non-hydrogen) atoms. The van der Waals surface area contributed by atoms with Gasteiger partial charge in [-0.3, -0.25) is 4.79 Å². The van der Waals surface area contributed by atoms with Crippen LogP contribution in [0.3, 0.4) is 0 Å². The first-order valence-electron chi connectivity index (χ1n) is 10.1. The normalized spacial score (nSPS) is 21.1. The third-order valence-electron chi connectivity index (χ3n) is 5.66. The Labute approximate surface area is 178 Å². The number of nitrogens with one attached hydrogen (secondary N) is 1. The van der Waals surface area contributed by atoms with E-state index in [1.807, 2.05) is 48.8 Å². The smallest absolute Gasteiger partial charge is 0.226 e. The van der Waals surface area contributed by atoms with E-state index in [1.54, 1.807) is 17.5 Å². The molecule has 2 fully saturated rings. The number of thiazole rings is 1. The number of amides is 1. The van der Waals surface area contributed by atoms with Crippen LogP contribution in [0.25, 0.3) is 10.2 Å². The summed E-state index contributed by atoms with van der Waals surface area (Å²) in [5.74, 6) is 2.55. The van der Waals surface area contributed by atoms with E-state index in [9.17, 15) is 4.79 Å². The maximum atomic E-state index is 12.6. The molecule has 1 aliphatic carbocycles. The van der Waals surface area contributed by atoms with Crippen LogP contribution in [0.2, 0.25) is 0 Å². The van der Waals surface area contributed by atoms with Crippen molar-refractivity contribution in [2.24, 2.45) is 5.92 Å². The van der Waals surface area contributed by atoms with Gasteiger partial charge >= 0.3 is 0 Å². The van der Waals surface area contributed by atoms with Crippen LogP contribution in [0, 0.1) is 5.92 Å². The molecule has 1 aromatic carbocycles. The third-order valence-corrected chi connectivity index (χ3v) is 6.46. The highest BCUT2D eigenvalue weighted by atomic mass is 32.1. The van der Waals surface area contributed by atoms with E-state index >= 15 is 0 Å². The van der Waals surface area contributed by atoms with Gasteiger partial charge in [-0.1, -0.05) is 6.07 Å². The minimum Gasteiger partial charge on any atom is -0.488 e. The predicted molar refractivity (Wildman–Crippen MR) is 117 cm³/mol. The maximum Gasteiger partial charge on any atom is 0.226 e. The zero-order chi connectivity index (χ0) is 20.7. The molecule has 2 aliphatic rings. The number of rotatable bonds is 6. The first-order chi connectivity index (χ1) is 14.6. The van der Waals surface area contributed by atoms with Crippen LogP contribution < -0.4 is 19.9 Å². The van der Waals surface area contributed by atoms with Gasteiger partial charge in [0.05, 0.1) is 16.3 Å². The zero-order valence-electron chi connectivity index (χ0n) is 17.0. The van der Waals surface area contributed by atoms with Crippen LogP contribution in [0.4, 0.5) is 11.8 Å². The number of carbonyl (C=O) groups excluding carboxylic acids is 1.